The molecule has 0 spiro atoms. The van der Waals surface area contributed by atoms with E-state index in [9.17, 15) is 14.7 Å². The van der Waals surface area contributed by atoms with E-state index in [-0.39, 0.29) is 6.04 Å². The molecule has 2 rings (SSSR count). The van der Waals surface area contributed by atoms with Gasteiger partial charge in [0, 0.05) is 0 Å². The summed E-state index contributed by atoms with van der Waals surface area (Å²) >= 11 is 0. The Balaban J connectivity index is 2.51. The molecule has 0 unspecified atom stereocenters. The smallest absolute Gasteiger partial charge is 0.326 e. The molecule has 0 radical (unpaired) electrons. The van der Waals surface area contributed by atoms with Gasteiger partial charge in [-0.15, -0.1) is 0 Å². The van der Waals surface area contributed by atoms with Crippen LogP contribution in [0.2, 0.25) is 0 Å². The Morgan fingerprint density at radius 3 is 2.18 bits per heavy atom. The standard InChI is InChI=1S/C18H25NO3/c1-4-12-9-13(5-2)17(14(6-3)10-12)15-7-8-16(18(21)22)19(15)11-20/h9-11,15-16H,4-8H2,1-3H3,(H,21,22)/t15-,16+/m1/s1. The fourth-order valence-electron chi connectivity index (χ4n) is 3.59. The number of likely N-dealkylation sites (tertiary alicyclic amines) is 1. The summed E-state index contributed by atoms with van der Waals surface area (Å²) in [6.07, 6.45) is 4.75. The first-order valence-electron chi connectivity index (χ1n) is 8.17. The Labute approximate surface area is 132 Å². The van der Waals surface area contributed by atoms with E-state index in [1.807, 2.05) is 0 Å². The third-order valence-corrected chi connectivity index (χ3v) is 4.75. The molecule has 1 fully saturated rings. The number of amides is 1. The van der Waals surface area contributed by atoms with Crippen molar-refractivity contribution in [1.29, 1.82) is 0 Å². The summed E-state index contributed by atoms with van der Waals surface area (Å²) in [4.78, 5) is 24.3. The van der Waals surface area contributed by atoms with Crippen LogP contribution in [0.1, 0.15) is 61.9 Å². The zero-order valence-electron chi connectivity index (χ0n) is 13.6. The largest absolute Gasteiger partial charge is 0.480 e. The van der Waals surface area contributed by atoms with Crippen LogP contribution in [0.25, 0.3) is 0 Å². The van der Waals surface area contributed by atoms with Gasteiger partial charge in [0.15, 0.2) is 0 Å². The lowest BCUT2D eigenvalue weighted by Gasteiger charge is -2.28. The van der Waals surface area contributed by atoms with Crippen molar-refractivity contribution in [2.75, 3.05) is 0 Å². The Bertz CT molecular complexity index is 542. The van der Waals surface area contributed by atoms with Crippen LogP contribution < -0.4 is 0 Å². The number of nitrogens with zero attached hydrogens (tertiary/aromatic N) is 1. The van der Waals surface area contributed by atoms with Crippen LogP contribution >= 0.6 is 0 Å². The number of aryl methyl sites for hydroxylation is 3. The van der Waals surface area contributed by atoms with Crippen LogP contribution in [0.15, 0.2) is 12.1 Å². The lowest BCUT2D eigenvalue weighted by molar-refractivity contribution is -0.145. The first-order chi connectivity index (χ1) is 10.6. The van der Waals surface area contributed by atoms with Gasteiger partial charge in [-0.2, -0.15) is 0 Å². The number of carboxylic acid groups (broad SMARTS) is 1. The Hall–Kier alpha value is -1.84. The first-order valence-corrected chi connectivity index (χ1v) is 8.17. The molecule has 120 valence electrons. The molecule has 1 saturated heterocycles. The molecular formula is C18H25NO3. The lowest BCUT2D eigenvalue weighted by atomic mass is 9.88. The summed E-state index contributed by atoms with van der Waals surface area (Å²) in [6.45, 7) is 6.38. The van der Waals surface area contributed by atoms with Gasteiger partial charge < -0.3 is 10.0 Å². The summed E-state index contributed by atoms with van der Waals surface area (Å²) in [5.74, 6) is -0.907. The molecule has 1 amide bonds. The summed E-state index contributed by atoms with van der Waals surface area (Å²) in [6, 6.07) is 3.63. The van der Waals surface area contributed by atoms with Crippen LogP contribution in [-0.2, 0) is 28.9 Å². The van der Waals surface area contributed by atoms with E-state index in [4.69, 9.17) is 0 Å². The fourth-order valence-corrected chi connectivity index (χ4v) is 3.59. The molecular weight excluding hydrogens is 278 g/mol. The number of benzene rings is 1. The average molecular weight is 303 g/mol. The van der Waals surface area contributed by atoms with E-state index in [2.05, 4.69) is 32.9 Å². The van der Waals surface area contributed by atoms with Crippen molar-refractivity contribution in [3.63, 3.8) is 0 Å². The van der Waals surface area contributed by atoms with E-state index in [0.29, 0.717) is 12.8 Å². The number of hydrogen-bond acceptors (Lipinski definition) is 2. The Morgan fingerprint density at radius 1 is 1.18 bits per heavy atom. The number of hydrogen-bond donors (Lipinski definition) is 1. The van der Waals surface area contributed by atoms with Crippen molar-refractivity contribution >= 4 is 12.4 Å². The van der Waals surface area contributed by atoms with Gasteiger partial charge in [0.2, 0.25) is 6.41 Å². The zero-order valence-corrected chi connectivity index (χ0v) is 13.6. The van der Waals surface area contributed by atoms with Gasteiger partial charge in [-0.25, -0.2) is 4.79 Å². The molecule has 1 heterocycles. The number of aliphatic carboxylic acids is 1. The van der Waals surface area contributed by atoms with Gasteiger partial charge in [0.1, 0.15) is 6.04 Å². The fraction of sp³-hybridized carbons (Fsp3) is 0.556. The van der Waals surface area contributed by atoms with Crippen LogP contribution in [0.5, 0.6) is 0 Å². The highest BCUT2D eigenvalue weighted by atomic mass is 16.4. The highest BCUT2D eigenvalue weighted by Crippen LogP contribution is 2.39. The molecule has 1 aliphatic rings. The van der Waals surface area contributed by atoms with Crippen molar-refractivity contribution in [1.82, 2.24) is 4.90 Å². The molecule has 0 saturated carbocycles. The van der Waals surface area contributed by atoms with Gasteiger partial charge in [-0.05, 0) is 54.4 Å². The van der Waals surface area contributed by atoms with E-state index in [0.717, 1.165) is 25.7 Å². The summed E-state index contributed by atoms with van der Waals surface area (Å²) in [5, 5.41) is 9.31. The zero-order chi connectivity index (χ0) is 16.3. The molecule has 0 bridgehead atoms. The first kappa shape index (κ1) is 16.5. The molecule has 4 heteroatoms. The molecule has 1 N–H and O–H groups in total. The maximum atomic E-state index is 11.5. The second-order valence-corrected chi connectivity index (χ2v) is 5.89. The molecule has 1 aromatic rings. The maximum Gasteiger partial charge on any atom is 0.326 e. The van der Waals surface area contributed by atoms with Crippen molar-refractivity contribution in [2.24, 2.45) is 0 Å². The summed E-state index contributed by atoms with van der Waals surface area (Å²) in [5.41, 5.74) is 4.99. The monoisotopic (exact) mass is 303 g/mol. The minimum atomic E-state index is -0.907. The highest BCUT2D eigenvalue weighted by Gasteiger charge is 2.39. The second kappa shape index (κ2) is 6.95. The molecule has 22 heavy (non-hydrogen) atoms. The maximum absolute atomic E-state index is 11.5. The summed E-state index contributed by atoms with van der Waals surface area (Å²) in [7, 11) is 0. The number of carboxylic acids is 1. The lowest BCUT2D eigenvalue weighted by Crippen LogP contribution is -2.36. The van der Waals surface area contributed by atoms with Crippen molar-refractivity contribution in [3.8, 4) is 0 Å². The number of rotatable bonds is 6. The van der Waals surface area contributed by atoms with Crippen molar-refractivity contribution in [3.05, 3.63) is 34.4 Å². The van der Waals surface area contributed by atoms with Crippen LogP contribution in [-0.4, -0.2) is 28.4 Å². The SMILES string of the molecule is CCc1cc(CC)c([C@H]2CC[C@@H](C(=O)O)N2C=O)c(CC)c1. The minimum absolute atomic E-state index is 0.102. The van der Waals surface area contributed by atoms with Crippen LogP contribution in [0.3, 0.4) is 0 Å². The van der Waals surface area contributed by atoms with Gasteiger partial charge in [0.05, 0.1) is 6.04 Å². The molecule has 1 aromatic carbocycles. The topological polar surface area (TPSA) is 57.6 Å². The van der Waals surface area contributed by atoms with Gasteiger partial charge in [-0.1, -0.05) is 32.9 Å². The van der Waals surface area contributed by atoms with Crippen molar-refractivity contribution in [2.45, 2.75) is 65.0 Å². The van der Waals surface area contributed by atoms with Crippen LogP contribution in [0, 0.1) is 0 Å². The normalized spacial score (nSPS) is 21.1. The van der Waals surface area contributed by atoms with E-state index in [1.54, 1.807) is 0 Å². The van der Waals surface area contributed by atoms with E-state index < -0.39 is 12.0 Å². The van der Waals surface area contributed by atoms with Crippen LogP contribution in [0.4, 0.5) is 0 Å². The Kier molecular flexibility index (Phi) is 5.22. The predicted molar refractivity (Wildman–Crippen MR) is 85.9 cm³/mol. The average Bonchev–Trinajstić information content (AvgIpc) is 2.96. The molecule has 4 nitrogen and oxygen atoms in total. The molecule has 2 atom stereocenters. The molecule has 0 aromatic heterocycles. The highest BCUT2D eigenvalue weighted by molar-refractivity contribution is 5.77. The third kappa shape index (κ3) is 2.87. The van der Waals surface area contributed by atoms with Crippen molar-refractivity contribution < 1.29 is 14.7 Å². The Morgan fingerprint density at radius 2 is 1.77 bits per heavy atom. The molecule has 1 aliphatic heterocycles. The van der Waals surface area contributed by atoms with Gasteiger partial charge >= 0.3 is 5.97 Å². The second-order valence-electron chi connectivity index (χ2n) is 5.89. The minimum Gasteiger partial charge on any atom is -0.480 e. The number of carbonyl (C=O) groups is 2. The van der Waals surface area contributed by atoms with E-state index >= 15 is 0 Å². The predicted octanol–water partition coefficient (Wildman–Crippen LogP) is 3.12. The summed E-state index contributed by atoms with van der Waals surface area (Å²) < 4.78 is 0. The van der Waals surface area contributed by atoms with Gasteiger partial charge in [-0.3, -0.25) is 4.79 Å². The van der Waals surface area contributed by atoms with E-state index in [1.165, 1.54) is 27.2 Å². The number of carbonyl (C=O) groups excluding carboxylic acids is 1. The quantitative estimate of drug-likeness (QED) is 0.821. The third-order valence-electron chi connectivity index (χ3n) is 4.75. The molecule has 0 aliphatic carbocycles. The van der Waals surface area contributed by atoms with Gasteiger partial charge in [0.25, 0.3) is 0 Å².